The summed E-state index contributed by atoms with van der Waals surface area (Å²) in [5.41, 5.74) is 1.94. The molecule has 0 bridgehead atoms. The molecule has 1 atom stereocenters. The van der Waals surface area contributed by atoms with Crippen LogP contribution in [0.2, 0.25) is 0 Å². The molecule has 2 amide bonds. The minimum atomic E-state index is -0.604. The van der Waals surface area contributed by atoms with E-state index in [1.54, 1.807) is 12.0 Å². The Morgan fingerprint density at radius 1 is 1.00 bits per heavy atom. The van der Waals surface area contributed by atoms with Crippen LogP contribution in [0, 0.1) is 0 Å². The quantitative estimate of drug-likeness (QED) is 0.527. The number of methoxy groups -OCH3 is 1. The van der Waals surface area contributed by atoms with Gasteiger partial charge in [-0.1, -0.05) is 42.5 Å². The zero-order valence-electron chi connectivity index (χ0n) is 19.0. The second-order valence-corrected chi connectivity index (χ2v) is 7.76. The molecule has 1 unspecified atom stereocenters. The molecule has 1 N–H and O–H groups in total. The van der Waals surface area contributed by atoms with Gasteiger partial charge >= 0.3 is 0 Å². The fraction of sp³-hybridized carbons (Fsp3) is 0.440. The molecule has 0 saturated carbocycles. The van der Waals surface area contributed by atoms with E-state index in [9.17, 15) is 9.59 Å². The van der Waals surface area contributed by atoms with E-state index in [1.165, 1.54) is 6.92 Å². The van der Waals surface area contributed by atoms with Gasteiger partial charge in [-0.25, -0.2) is 0 Å². The summed E-state index contributed by atoms with van der Waals surface area (Å²) in [5.74, 6) is 0.451. The maximum Gasteiger partial charge on any atom is 0.243 e. The minimum Gasteiger partial charge on any atom is -0.497 e. The van der Waals surface area contributed by atoms with Gasteiger partial charge in [0.15, 0.2) is 0 Å². The van der Waals surface area contributed by atoms with Crippen molar-refractivity contribution in [2.75, 3.05) is 20.3 Å². The summed E-state index contributed by atoms with van der Waals surface area (Å²) < 4.78 is 10.7. The first-order valence-electron chi connectivity index (χ1n) is 10.7. The van der Waals surface area contributed by atoms with E-state index in [4.69, 9.17) is 9.47 Å². The molecule has 0 aromatic heterocycles. The second-order valence-electron chi connectivity index (χ2n) is 7.76. The number of carbonyl (C=O) groups is 2. The molecular formula is C25H34N2O4. The average molecular weight is 427 g/mol. The molecule has 0 aliphatic heterocycles. The van der Waals surface area contributed by atoms with Gasteiger partial charge in [0.2, 0.25) is 11.8 Å². The van der Waals surface area contributed by atoms with Crippen molar-refractivity contribution in [2.45, 2.75) is 52.3 Å². The summed E-state index contributed by atoms with van der Waals surface area (Å²) in [5, 5.41) is 2.98. The highest BCUT2D eigenvalue weighted by Gasteiger charge is 2.28. The molecule has 0 fully saturated rings. The highest BCUT2D eigenvalue weighted by Crippen LogP contribution is 2.17. The van der Waals surface area contributed by atoms with Crippen molar-refractivity contribution in [2.24, 2.45) is 0 Å². The molecule has 31 heavy (non-hydrogen) atoms. The molecule has 6 nitrogen and oxygen atoms in total. The van der Waals surface area contributed by atoms with Crippen molar-refractivity contribution in [3.05, 3.63) is 65.7 Å². The van der Waals surface area contributed by atoms with Crippen molar-refractivity contribution in [3.8, 4) is 5.75 Å². The largest absolute Gasteiger partial charge is 0.497 e. The predicted octanol–water partition coefficient (Wildman–Crippen LogP) is 3.59. The van der Waals surface area contributed by atoms with Gasteiger partial charge in [-0.15, -0.1) is 0 Å². The number of hydrogen-bond acceptors (Lipinski definition) is 4. The lowest BCUT2D eigenvalue weighted by molar-refractivity contribution is -0.139. The first kappa shape index (κ1) is 24.4. The third-order valence-electron chi connectivity index (χ3n) is 4.94. The monoisotopic (exact) mass is 426 g/mol. The van der Waals surface area contributed by atoms with E-state index in [0.29, 0.717) is 26.1 Å². The van der Waals surface area contributed by atoms with Crippen molar-refractivity contribution in [1.29, 1.82) is 0 Å². The standard InChI is InChI=1S/C25H34N2O4/c1-19(2)31-16-8-15-26-25(29)24(17-21-9-6-5-7-10-21)27(20(3)28)18-22-11-13-23(30-4)14-12-22/h5-7,9-14,19,24H,8,15-18H2,1-4H3,(H,26,29). The Bertz CT molecular complexity index is 806. The van der Waals surface area contributed by atoms with Crippen LogP contribution >= 0.6 is 0 Å². The first-order valence-corrected chi connectivity index (χ1v) is 10.7. The number of nitrogens with one attached hydrogen (secondary N) is 1. The van der Waals surface area contributed by atoms with Crippen molar-refractivity contribution >= 4 is 11.8 Å². The lowest BCUT2D eigenvalue weighted by atomic mass is 10.0. The Labute approximate surface area is 185 Å². The molecule has 2 aromatic carbocycles. The van der Waals surface area contributed by atoms with E-state index < -0.39 is 6.04 Å². The van der Waals surface area contributed by atoms with E-state index >= 15 is 0 Å². The first-order chi connectivity index (χ1) is 14.9. The van der Waals surface area contributed by atoms with Crippen LogP contribution < -0.4 is 10.1 Å². The molecule has 0 heterocycles. The number of carbonyl (C=O) groups excluding carboxylic acids is 2. The summed E-state index contributed by atoms with van der Waals surface area (Å²) in [4.78, 5) is 27.3. The molecule has 2 aromatic rings. The number of benzene rings is 2. The van der Waals surface area contributed by atoms with Crippen LogP contribution in [0.1, 0.15) is 38.3 Å². The Balaban J connectivity index is 2.14. The molecule has 2 rings (SSSR count). The van der Waals surface area contributed by atoms with E-state index in [-0.39, 0.29) is 17.9 Å². The Hall–Kier alpha value is -2.86. The SMILES string of the molecule is COc1ccc(CN(C(C)=O)C(Cc2ccccc2)C(=O)NCCCOC(C)C)cc1. The molecule has 0 saturated heterocycles. The van der Waals surface area contributed by atoms with Crippen LogP contribution in [0.25, 0.3) is 0 Å². The van der Waals surface area contributed by atoms with Gasteiger partial charge in [0.25, 0.3) is 0 Å². The molecule has 0 spiro atoms. The molecule has 0 radical (unpaired) electrons. The van der Waals surface area contributed by atoms with Crippen molar-refractivity contribution in [3.63, 3.8) is 0 Å². The second kappa shape index (κ2) is 12.7. The third kappa shape index (κ3) is 8.42. The Morgan fingerprint density at radius 3 is 2.26 bits per heavy atom. The van der Waals surface area contributed by atoms with Gasteiger partial charge in [-0.05, 0) is 43.5 Å². The number of hydrogen-bond donors (Lipinski definition) is 1. The Kier molecular flexibility index (Phi) is 10.0. The molecule has 168 valence electrons. The fourth-order valence-corrected chi connectivity index (χ4v) is 3.27. The predicted molar refractivity (Wildman–Crippen MR) is 122 cm³/mol. The van der Waals surface area contributed by atoms with Crippen LogP contribution in [-0.4, -0.2) is 49.1 Å². The third-order valence-corrected chi connectivity index (χ3v) is 4.94. The summed E-state index contributed by atoms with van der Waals surface area (Å²) >= 11 is 0. The topological polar surface area (TPSA) is 67.9 Å². The van der Waals surface area contributed by atoms with Crippen LogP contribution in [0.3, 0.4) is 0 Å². The highest BCUT2D eigenvalue weighted by molar-refractivity contribution is 5.87. The zero-order valence-corrected chi connectivity index (χ0v) is 19.0. The fourth-order valence-electron chi connectivity index (χ4n) is 3.27. The highest BCUT2D eigenvalue weighted by atomic mass is 16.5. The smallest absolute Gasteiger partial charge is 0.243 e. The number of amides is 2. The van der Waals surface area contributed by atoms with Gasteiger partial charge in [0, 0.05) is 33.0 Å². The van der Waals surface area contributed by atoms with Crippen molar-refractivity contribution < 1.29 is 19.1 Å². The normalized spacial score (nSPS) is 11.8. The number of rotatable bonds is 12. The molecular weight excluding hydrogens is 392 g/mol. The maximum absolute atomic E-state index is 13.1. The minimum absolute atomic E-state index is 0.143. The zero-order chi connectivity index (χ0) is 22.6. The summed E-state index contributed by atoms with van der Waals surface area (Å²) in [6.07, 6.45) is 1.34. The number of nitrogens with zero attached hydrogens (tertiary/aromatic N) is 1. The summed E-state index contributed by atoms with van der Waals surface area (Å²) in [6.45, 7) is 6.91. The number of ether oxygens (including phenoxy) is 2. The van der Waals surface area contributed by atoms with Crippen LogP contribution in [-0.2, 0) is 27.3 Å². The Morgan fingerprint density at radius 2 is 1.68 bits per heavy atom. The van der Waals surface area contributed by atoms with E-state index in [1.807, 2.05) is 68.4 Å². The lowest BCUT2D eigenvalue weighted by Crippen LogP contribution is -2.50. The molecule has 0 aliphatic rings. The van der Waals surface area contributed by atoms with Gasteiger partial charge < -0.3 is 19.7 Å². The van der Waals surface area contributed by atoms with Crippen LogP contribution in [0.5, 0.6) is 5.75 Å². The van der Waals surface area contributed by atoms with E-state index in [2.05, 4.69) is 5.32 Å². The maximum atomic E-state index is 13.1. The van der Waals surface area contributed by atoms with Crippen LogP contribution in [0.15, 0.2) is 54.6 Å². The van der Waals surface area contributed by atoms with Gasteiger partial charge in [0.1, 0.15) is 11.8 Å². The van der Waals surface area contributed by atoms with Gasteiger partial charge in [-0.3, -0.25) is 9.59 Å². The lowest BCUT2D eigenvalue weighted by Gasteiger charge is -2.30. The summed E-state index contributed by atoms with van der Waals surface area (Å²) in [6, 6.07) is 16.7. The molecule has 6 heteroatoms. The van der Waals surface area contributed by atoms with Gasteiger partial charge in [-0.2, -0.15) is 0 Å². The molecule has 0 aliphatic carbocycles. The average Bonchev–Trinajstić information content (AvgIpc) is 2.76. The van der Waals surface area contributed by atoms with Crippen molar-refractivity contribution in [1.82, 2.24) is 10.2 Å². The van der Waals surface area contributed by atoms with Crippen LogP contribution in [0.4, 0.5) is 0 Å². The summed E-state index contributed by atoms with van der Waals surface area (Å²) in [7, 11) is 1.61. The van der Waals surface area contributed by atoms with Gasteiger partial charge in [0.05, 0.1) is 13.2 Å². The van der Waals surface area contributed by atoms with E-state index in [0.717, 1.165) is 23.3 Å².